The molecule has 0 aliphatic carbocycles. The van der Waals surface area contributed by atoms with E-state index in [9.17, 15) is 14.8 Å². The molecule has 0 aliphatic heterocycles. The van der Waals surface area contributed by atoms with Crippen molar-refractivity contribution in [2.75, 3.05) is 6.54 Å². The van der Waals surface area contributed by atoms with Gasteiger partial charge in [-0.15, -0.1) is 0 Å². The smallest absolute Gasteiger partial charge is 0.303 e. The second kappa shape index (κ2) is 12.7. The number of allylic oxidation sites excluding steroid dienone is 1. The molecule has 1 amide bonds. The third-order valence-electron chi connectivity index (χ3n) is 3.00. The van der Waals surface area contributed by atoms with Crippen LogP contribution in [0, 0.1) is 0 Å². The molecule has 2 N–H and O–H groups in total. The van der Waals surface area contributed by atoms with Crippen LogP contribution in [-0.4, -0.2) is 33.8 Å². The Morgan fingerprint density at radius 3 is 2.35 bits per heavy atom. The predicted molar refractivity (Wildman–Crippen MR) is 77.5 cm³/mol. The van der Waals surface area contributed by atoms with Gasteiger partial charge >= 0.3 is 5.97 Å². The lowest BCUT2D eigenvalue weighted by molar-refractivity contribution is -0.160. The standard InChI is InChI=1S/C15H27NO4/c1-2-3-4-5-6-7-8-9-11-14(17)16(20)13-10-12-15(18)19/h9,11,20H,2-8,10,12-13H2,1H3,(H,18,19). The summed E-state index contributed by atoms with van der Waals surface area (Å²) >= 11 is 0. The fourth-order valence-electron chi connectivity index (χ4n) is 1.80. The Morgan fingerprint density at radius 1 is 1.05 bits per heavy atom. The lowest BCUT2D eigenvalue weighted by atomic mass is 10.1. The van der Waals surface area contributed by atoms with Gasteiger partial charge in [0.15, 0.2) is 0 Å². The molecule has 20 heavy (non-hydrogen) atoms. The molecule has 0 aliphatic rings. The number of hydrogen-bond acceptors (Lipinski definition) is 3. The highest BCUT2D eigenvalue weighted by atomic mass is 16.5. The van der Waals surface area contributed by atoms with Gasteiger partial charge in [0.25, 0.3) is 5.91 Å². The van der Waals surface area contributed by atoms with Gasteiger partial charge in [0.2, 0.25) is 0 Å². The van der Waals surface area contributed by atoms with Crippen LogP contribution in [0.4, 0.5) is 0 Å². The Bertz CT molecular complexity index is 302. The molecule has 5 nitrogen and oxygen atoms in total. The average molecular weight is 285 g/mol. The van der Waals surface area contributed by atoms with Crippen LogP contribution >= 0.6 is 0 Å². The molecule has 0 spiro atoms. The summed E-state index contributed by atoms with van der Waals surface area (Å²) in [5.41, 5.74) is 0. The van der Waals surface area contributed by atoms with Gasteiger partial charge in [-0.05, 0) is 19.3 Å². The number of amides is 1. The normalized spacial score (nSPS) is 10.9. The maximum Gasteiger partial charge on any atom is 0.303 e. The second-order valence-corrected chi connectivity index (χ2v) is 4.92. The van der Waals surface area contributed by atoms with E-state index in [0.29, 0.717) is 5.06 Å². The first kappa shape index (κ1) is 18.6. The van der Waals surface area contributed by atoms with E-state index in [4.69, 9.17) is 5.11 Å². The van der Waals surface area contributed by atoms with Gasteiger partial charge in [0, 0.05) is 19.0 Å². The molecule has 0 heterocycles. The van der Waals surface area contributed by atoms with E-state index in [1.54, 1.807) is 6.08 Å². The molecule has 0 unspecified atom stereocenters. The van der Waals surface area contributed by atoms with Crippen LogP contribution in [0.3, 0.4) is 0 Å². The van der Waals surface area contributed by atoms with E-state index in [0.717, 1.165) is 12.8 Å². The van der Waals surface area contributed by atoms with E-state index in [1.807, 2.05) is 0 Å². The summed E-state index contributed by atoms with van der Waals surface area (Å²) in [6.07, 6.45) is 11.4. The van der Waals surface area contributed by atoms with Crippen molar-refractivity contribution in [3.63, 3.8) is 0 Å². The number of hydrogen-bond donors (Lipinski definition) is 2. The van der Waals surface area contributed by atoms with E-state index >= 15 is 0 Å². The number of nitrogens with zero attached hydrogens (tertiary/aromatic N) is 1. The SMILES string of the molecule is CCCCCCCCC=CC(=O)N(O)CCCC(=O)O. The van der Waals surface area contributed by atoms with Gasteiger partial charge < -0.3 is 5.11 Å². The highest BCUT2D eigenvalue weighted by Gasteiger charge is 2.07. The van der Waals surface area contributed by atoms with Crippen LogP contribution in [0.15, 0.2) is 12.2 Å². The van der Waals surface area contributed by atoms with Crippen LogP contribution in [0.5, 0.6) is 0 Å². The topological polar surface area (TPSA) is 77.8 Å². The Labute approximate surface area is 121 Å². The number of carbonyl (C=O) groups excluding carboxylic acids is 1. The minimum Gasteiger partial charge on any atom is -0.481 e. The first-order valence-electron chi connectivity index (χ1n) is 7.46. The fraction of sp³-hybridized carbons (Fsp3) is 0.733. The molecule has 0 radical (unpaired) electrons. The molecule has 5 heteroatoms. The third-order valence-corrected chi connectivity index (χ3v) is 3.00. The van der Waals surface area contributed by atoms with Crippen LogP contribution < -0.4 is 0 Å². The first-order chi connectivity index (χ1) is 9.57. The molecule has 0 saturated carbocycles. The Balaban J connectivity index is 3.58. The first-order valence-corrected chi connectivity index (χ1v) is 7.46. The van der Waals surface area contributed by atoms with Crippen molar-refractivity contribution in [3.8, 4) is 0 Å². The largest absolute Gasteiger partial charge is 0.481 e. The predicted octanol–water partition coefficient (Wildman–Crippen LogP) is 3.38. The van der Waals surface area contributed by atoms with E-state index in [2.05, 4.69) is 6.92 Å². The molecule has 0 rings (SSSR count). The lowest BCUT2D eigenvalue weighted by Crippen LogP contribution is -2.27. The molecule has 0 atom stereocenters. The van der Waals surface area contributed by atoms with Crippen LogP contribution in [0.2, 0.25) is 0 Å². The van der Waals surface area contributed by atoms with Crippen molar-refractivity contribution in [1.29, 1.82) is 0 Å². The van der Waals surface area contributed by atoms with Crippen molar-refractivity contribution < 1.29 is 19.9 Å². The maximum absolute atomic E-state index is 11.4. The molecule has 116 valence electrons. The number of unbranched alkanes of at least 4 members (excludes halogenated alkanes) is 6. The van der Waals surface area contributed by atoms with Gasteiger partial charge in [-0.1, -0.05) is 45.1 Å². The number of hydroxylamine groups is 2. The Hall–Kier alpha value is -1.36. The quantitative estimate of drug-likeness (QED) is 0.249. The van der Waals surface area contributed by atoms with Gasteiger partial charge in [0.05, 0.1) is 0 Å². The monoisotopic (exact) mass is 285 g/mol. The van der Waals surface area contributed by atoms with Crippen molar-refractivity contribution in [1.82, 2.24) is 5.06 Å². The minimum absolute atomic E-state index is 0.0481. The zero-order valence-electron chi connectivity index (χ0n) is 12.4. The molecular weight excluding hydrogens is 258 g/mol. The number of carboxylic acids is 1. The summed E-state index contributed by atoms with van der Waals surface area (Å²) in [6, 6.07) is 0. The van der Waals surface area contributed by atoms with Crippen molar-refractivity contribution in [2.24, 2.45) is 0 Å². The summed E-state index contributed by atoms with van der Waals surface area (Å²) in [7, 11) is 0. The molecule has 0 aromatic heterocycles. The molecule has 0 bridgehead atoms. The summed E-state index contributed by atoms with van der Waals surface area (Å²) in [4.78, 5) is 21.7. The zero-order valence-corrected chi connectivity index (χ0v) is 12.4. The van der Waals surface area contributed by atoms with Crippen molar-refractivity contribution in [2.45, 2.75) is 64.7 Å². The van der Waals surface area contributed by atoms with E-state index < -0.39 is 11.9 Å². The highest BCUT2D eigenvalue weighted by molar-refractivity contribution is 5.86. The molecule has 0 saturated heterocycles. The number of aliphatic carboxylic acids is 1. The van der Waals surface area contributed by atoms with E-state index in [1.165, 1.54) is 38.2 Å². The van der Waals surface area contributed by atoms with E-state index in [-0.39, 0.29) is 19.4 Å². The zero-order chi connectivity index (χ0) is 15.2. The highest BCUT2D eigenvalue weighted by Crippen LogP contribution is 2.07. The Morgan fingerprint density at radius 2 is 1.70 bits per heavy atom. The fourth-order valence-corrected chi connectivity index (χ4v) is 1.80. The molecule has 0 aromatic rings. The van der Waals surface area contributed by atoms with Crippen LogP contribution in [-0.2, 0) is 9.59 Å². The summed E-state index contributed by atoms with van der Waals surface area (Å²) in [5, 5.41) is 18.4. The summed E-state index contributed by atoms with van der Waals surface area (Å²) in [5.74, 6) is -1.41. The summed E-state index contributed by atoms with van der Waals surface area (Å²) in [6.45, 7) is 2.23. The second-order valence-electron chi connectivity index (χ2n) is 4.92. The van der Waals surface area contributed by atoms with Crippen LogP contribution in [0.25, 0.3) is 0 Å². The van der Waals surface area contributed by atoms with Gasteiger partial charge in [-0.25, -0.2) is 5.06 Å². The lowest BCUT2D eigenvalue weighted by Gasteiger charge is -2.11. The van der Waals surface area contributed by atoms with Crippen molar-refractivity contribution >= 4 is 11.9 Å². The average Bonchev–Trinajstić information content (AvgIpc) is 2.41. The number of rotatable bonds is 12. The minimum atomic E-state index is -0.926. The summed E-state index contributed by atoms with van der Waals surface area (Å²) < 4.78 is 0. The molecular formula is C15H27NO4. The third kappa shape index (κ3) is 11.7. The molecule has 0 fully saturated rings. The maximum atomic E-state index is 11.4. The van der Waals surface area contributed by atoms with Gasteiger partial charge in [-0.2, -0.15) is 0 Å². The van der Waals surface area contributed by atoms with Crippen molar-refractivity contribution in [3.05, 3.63) is 12.2 Å². The molecule has 0 aromatic carbocycles. The van der Waals surface area contributed by atoms with Gasteiger partial charge in [-0.3, -0.25) is 14.8 Å². The Kier molecular flexibility index (Phi) is 11.8. The van der Waals surface area contributed by atoms with Gasteiger partial charge in [0.1, 0.15) is 0 Å². The number of carbonyl (C=O) groups is 2. The number of carboxylic acid groups (broad SMARTS) is 1. The van der Waals surface area contributed by atoms with Crippen LogP contribution in [0.1, 0.15) is 64.7 Å².